The Morgan fingerprint density at radius 2 is 1.58 bits per heavy atom. The summed E-state index contributed by atoms with van der Waals surface area (Å²) >= 11 is 6.16. The lowest BCUT2D eigenvalue weighted by Crippen LogP contribution is -2.48. The fourth-order valence-corrected chi connectivity index (χ4v) is 5.50. The SMILES string of the molecule is O=C(NCc1ccccc1Cl)c1cccc(CN2CCN(S(=O)(=O)c3ccccc3)CC2)c1. The number of nitrogens with zero attached hydrogens (tertiary/aromatic N) is 2. The summed E-state index contributed by atoms with van der Waals surface area (Å²) in [5, 5.41) is 3.54. The second-order valence-corrected chi connectivity index (χ2v) is 10.3. The molecule has 1 aliphatic heterocycles. The zero-order chi connectivity index (χ0) is 23.3. The minimum atomic E-state index is -3.46. The molecule has 0 spiro atoms. The fraction of sp³-hybridized carbons (Fsp3) is 0.240. The molecule has 1 fully saturated rings. The van der Waals surface area contributed by atoms with Crippen molar-refractivity contribution in [3.8, 4) is 0 Å². The van der Waals surface area contributed by atoms with Crippen LogP contribution in [0.1, 0.15) is 21.5 Å². The van der Waals surface area contributed by atoms with E-state index in [1.165, 1.54) is 4.31 Å². The molecule has 3 aromatic rings. The van der Waals surface area contributed by atoms with Gasteiger partial charge in [0.1, 0.15) is 0 Å². The Hall–Kier alpha value is -2.71. The standard InChI is InChI=1S/C25H26ClN3O3S/c26-24-12-5-4-8-22(24)18-27-25(30)21-9-6-7-20(17-21)19-28-13-15-29(16-14-28)33(31,32)23-10-2-1-3-11-23/h1-12,17H,13-16,18-19H2,(H,27,30). The van der Waals surface area contributed by atoms with Crippen LogP contribution in [0.2, 0.25) is 5.02 Å². The molecule has 0 saturated carbocycles. The van der Waals surface area contributed by atoms with Crippen molar-refractivity contribution < 1.29 is 13.2 Å². The molecule has 6 nitrogen and oxygen atoms in total. The molecule has 0 atom stereocenters. The van der Waals surface area contributed by atoms with Crippen LogP contribution in [-0.2, 0) is 23.1 Å². The third kappa shape index (κ3) is 5.81. The van der Waals surface area contributed by atoms with Crippen LogP contribution in [0.4, 0.5) is 0 Å². The number of piperazine rings is 1. The van der Waals surface area contributed by atoms with E-state index in [1.807, 2.05) is 42.5 Å². The summed E-state index contributed by atoms with van der Waals surface area (Å²) in [6, 6.07) is 23.5. The van der Waals surface area contributed by atoms with E-state index >= 15 is 0 Å². The van der Waals surface area contributed by atoms with Crippen molar-refractivity contribution >= 4 is 27.5 Å². The van der Waals surface area contributed by atoms with Crippen LogP contribution in [0.3, 0.4) is 0 Å². The van der Waals surface area contributed by atoms with Crippen LogP contribution in [0.5, 0.6) is 0 Å². The molecule has 0 aromatic heterocycles. The number of amides is 1. The van der Waals surface area contributed by atoms with E-state index in [-0.39, 0.29) is 5.91 Å². The Morgan fingerprint density at radius 3 is 2.30 bits per heavy atom. The van der Waals surface area contributed by atoms with Gasteiger partial charge in [-0.25, -0.2) is 8.42 Å². The van der Waals surface area contributed by atoms with Gasteiger partial charge in [-0.3, -0.25) is 9.69 Å². The van der Waals surface area contributed by atoms with Gasteiger partial charge in [0.25, 0.3) is 5.91 Å². The van der Waals surface area contributed by atoms with Crippen LogP contribution < -0.4 is 5.32 Å². The second kappa shape index (κ2) is 10.5. The molecule has 3 aromatic carbocycles. The first-order valence-corrected chi connectivity index (χ1v) is 12.6. The topological polar surface area (TPSA) is 69.7 Å². The van der Waals surface area contributed by atoms with E-state index in [9.17, 15) is 13.2 Å². The van der Waals surface area contributed by atoms with E-state index < -0.39 is 10.0 Å². The summed E-state index contributed by atoms with van der Waals surface area (Å²) in [4.78, 5) is 15.2. The van der Waals surface area contributed by atoms with Gasteiger partial charge in [-0.15, -0.1) is 0 Å². The van der Waals surface area contributed by atoms with E-state index in [0.717, 1.165) is 11.1 Å². The van der Waals surface area contributed by atoms with Gasteiger partial charge in [-0.1, -0.05) is 60.1 Å². The Labute approximate surface area is 199 Å². The molecule has 1 N–H and O–H groups in total. The Bertz CT molecular complexity index is 1210. The first kappa shape index (κ1) is 23.4. The predicted octanol–water partition coefficient (Wildman–Crippen LogP) is 3.78. The fourth-order valence-electron chi connectivity index (χ4n) is 3.86. The maximum absolute atomic E-state index is 12.8. The van der Waals surface area contributed by atoms with E-state index in [4.69, 9.17) is 11.6 Å². The predicted molar refractivity (Wildman–Crippen MR) is 130 cm³/mol. The van der Waals surface area contributed by atoms with Gasteiger partial charge in [-0.05, 0) is 41.5 Å². The number of carbonyl (C=O) groups is 1. The van der Waals surface area contributed by atoms with Crippen molar-refractivity contribution in [2.45, 2.75) is 18.0 Å². The lowest BCUT2D eigenvalue weighted by Gasteiger charge is -2.34. The second-order valence-electron chi connectivity index (χ2n) is 7.97. The summed E-state index contributed by atoms with van der Waals surface area (Å²) in [5.41, 5.74) is 2.47. The van der Waals surface area contributed by atoms with Crippen molar-refractivity contribution in [3.05, 3.63) is 101 Å². The van der Waals surface area contributed by atoms with Gasteiger partial charge in [0.05, 0.1) is 4.90 Å². The molecule has 1 amide bonds. The minimum absolute atomic E-state index is 0.157. The highest BCUT2D eigenvalue weighted by molar-refractivity contribution is 7.89. The summed E-state index contributed by atoms with van der Waals surface area (Å²) in [5.74, 6) is -0.157. The van der Waals surface area contributed by atoms with Crippen molar-refractivity contribution in [1.82, 2.24) is 14.5 Å². The molecule has 8 heteroatoms. The number of sulfonamides is 1. The van der Waals surface area contributed by atoms with Gasteiger partial charge in [0.15, 0.2) is 0 Å². The molecule has 172 valence electrons. The summed E-state index contributed by atoms with van der Waals surface area (Å²) in [6.07, 6.45) is 0. The lowest BCUT2D eigenvalue weighted by atomic mass is 10.1. The molecule has 0 unspecified atom stereocenters. The largest absolute Gasteiger partial charge is 0.348 e. The van der Waals surface area contributed by atoms with Crippen LogP contribution in [-0.4, -0.2) is 49.7 Å². The first-order valence-electron chi connectivity index (χ1n) is 10.8. The molecule has 1 aliphatic rings. The van der Waals surface area contributed by atoms with Crippen molar-refractivity contribution in [1.29, 1.82) is 0 Å². The van der Waals surface area contributed by atoms with Gasteiger partial charge in [0, 0.05) is 49.9 Å². The van der Waals surface area contributed by atoms with Gasteiger partial charge < -0.3 is 5.32 Å². The molecular weight excluding hydrogens is 458 g/mol. The molecule has 0 radical (unpaired) electrons. The van der Waals surface area contributed by atoms with Gasteiger partial charge >= 0.3 is 0 Å². The monoisotopic (exact) mass is 483 g/mol. The smallest absolute Gasteiger partial charge is 0.251 e. The summed E-state index contributed by atoms with van der Waals surface area (Å²) in [6.45, 7) is 3.17. The number of hydrogen-bond donors (Lipinski definition) is 1. The van der Waals surface area contributed by atoms with Crippen LogP contribution in [0.15, 0.2) is 83.8 Å². The van der Waals surface area contributed by atoms with Crippen molar-refractivity contribution in [2.75, 3.05) is 26.2 Å². The highest BCUT2D eigenvalue weighted by Crippen LogP contribution is 2.19. The Kier molecular flexibility index (Phi) is 7.45. The van der Waals surface area contributed by atoms with Crippen molar-refractivity contribution in [2.24, 2.45) is 0 Å². The number of halogens is 1. The number of carbonyl (C=O) groups excluding carboxylic acids is 1. The quantitative estimate of drug-likeness (QED) is 0.555. The van der Waals surface area contributed by atoms with E-state index in [1.54, 1.807) is 36.4 Å². The molecule has 1 heterocycles. The zero-order valence-electron chi connectivity index (χ0n) is 18.2. The first-order chi connectivity index (χ1) is 15.9. The van der Waals surface area contributed by atoms with E-state index in [2.05, 4.69) is 10.2 Å². The zero-order valence-corrected chi connectivity index (χ0v) is 19.7. The summed E-state index contributed by atoms with van der Waals surface area (Å²) < 4.78 is 27.2. The molecule has 33 heavy (non-hydrogen) atoms. The van der Waals surface area contributed by atoms with Crippen LogP contribution >= 0.6 is 11.6 Å². The maximum Gasteiger partial charge on any atom is 0.251 e. The van der Waals surface area contributed by atoms with Crippen LogP contribution in [0.25, 0.3) is 0 Å². The highest BCUT2D eigenvalue weighted by Gasteiger charge is 2.28. The highest BCUT2D eigenvalue weighted by atomic mass is 35.5. The Morgan fingerprint density at radius 1 is 0.879 bits per heavy atom. The molecule has 4 rings (SSSR count). The summed E-state index contributed by atoms with van der Waals surface area (Å²) in [7, 11) is -3.46. The average Bonchev–Trinajstić information content (AvgIpc) is 2.84. The number of benzene rings is 3. The maximum atomic E-state index is 12.8. The molecule has 0 aliphatic carbocycles. The third-order valence-corrected chi connectivity index (χ3v) is 7.99. The Balaban J connectivity index is 1.33. The van der Waals surface area contributed by atoms with Crippen molar-refractivity contribution in [3.63, 3.8) is 0 Å². The lowest BCUT2D eigenvalue weighted by molar-refractivity contribution is 0.0950. The number of nitrogens with one attached hydrogen (secondary N) is 1. The molecule has 0 bridgehead atoms. The number of rotatable bonds is 7. The number of hydrogen-bond acceptors (Lipinski definition) is 4. The molecule has 1 saturated heterocycles. The average molecular weight is 484 g/mol. The van der Waals surface area contributed by atoms with Crippen LogP contribution in [0, 0.1) is 0 Å². The third-order valence-electron chi connectivity index (χ3n) is 5.70. The van der Waals surface area contributed by atoms with E-state index in [0.29, 0.717) is 54.8 Å². The minimum Gasteiger partial charge on any atom is -0.348 e. The molecular formula is C25H26ClN3O3S. The normalized spacial score (nSPS) is 15.3. The van der Waals surface area contributed by atoms with Gasteiger partial charge in [0.2, 0.25) is 10.0 Å². The van der Waals surface area contributed by atoms with Gasteiger partial charge in [-0.2, -0.15) is 4.31 Å².